The van der Waals surface area contributed by atoms with Crippen LogP contribution in [0.5, 0.6) is 11.5 Å². The average Bonchev–Trinajstić information content (AvgIpc) is 2.61. The van der Waals surface area contributed by atoms with Crippen molar-refractivity contribution in [2.75, 3.05) is 25.2 Å². The molecule has 2 amide bonds. The molecule has 0 unspecified atom stereocenters. The minimum absolute atomic E-state index is 0.112. The Hall–Kier alpha value is -3.09. The number of benzene rings is 2. The summed E-state index contributed by atoms with van der Waals surface area (Å²) in [5.41, 5.74) is 6.00. The van der Waals surface area contributed by atoms with Crippen molar-refractivity contribution in [3.8, 4) is 11.5 Å². The van der Waals surface area contributed by atoms with Crippen molar-refractivity contribution in [3.05, 3.63) is 53.8 Å². The molecule has 25 heavy (non-hydrogen) atoms. The SMILES string of the molecule is CCN(C(=O)COc1c(OC)cccc1C(N)=O)c1ccc(F)cc1. The summed E-state index contributed by atoms with van der Waals surface area (Å²) in [4.78, 5) is 25.4. The average molecular weight is 346 g/mol. The second-order valence-corrected chi connectivity index (χ2v) is 5.10. The van der Waals surface area contributed by atoms with Crippen molar-refractivity contribution < 1.29 is 23.5 Å². The number of rotatable bonds is 7. The monoisotopic (exact) mass is 346 g/mol. The van der Waals surface area contributed by atoms with Crippen LogP contribution in [0.2, 0.25) is 0 Å². The van der Waals surface area contributed by atoms with E-state index in [4.69, 9.17) is 15.2 Å². The van der Waals surface area contributed by atoms with E-state index in [2.05, 4.69) is 0 Å². The van der Waals surface area contributed by atoms with Crippen LogP contribution >= 0.6 is 0 Å². The number of primary amides is 1. The number of para-hydroxylation sites is 1. The molecule has 0 saturated carbocycles. The minimum Gasteiger partial charge on any atom is -0.493 e. The fourth-order valence-electron chi connectivity index (χ4n) is 2.36. The van der Waals surface area contributed by atoms with Gasteiger partial charge in [0, 0.05) is 12.2 Å². The molecule has 2 aromatic rings. The van der Waals surface area contributed by atoms with Gasteiger partial charge in [0.05, 0.1) is 12.7 Å². The van der Waals surface area contributed by atoms with Crippen LogP contribution in [-0.4, -0.2) is 32.1 Å². The number of amides is 2. The van der Waals surface area contributed by atoms with Gasteiger partial charge in [-0.3, -0.25) is 9.59 Å². The molecule has 0 saturated heterocycles. The Kier molecular flexibility index (Phi) is 5.94. The zero-order valence-electron chi connectivity index (χ0n) is 14.0. The predicted octanol–water partition coefficient (Wildman–Crippen LogP) is 2.37. The molecule has 0 heterocycles. The van der Waals surface area contributed by atoms with Gasteiger partial charge in [0.15, 0.2) is 18.1 Å². The van der Waals surface area contributed by atoms with Crippen molar-refractivity contribution in [1.82, 2.24) is 0 Å². The van der Waals surface area contributed by atoms with Crippen molar-refractivity contribution in [2.45, 2.75) is 6.92 Å². The third-order valence-electron chi connectivity index (χ3n) is 3.56. The number of carbonyl (C=O) groups excluding carboxylic acids is 2. The van der Waals surface area contributed by atoms with E-state index in [0.717, 1.165) is 0 Å². The summed E-state index contributed by atoms with van der Waals surface area (Å²) in [6, 6.07) is 10.3. The topological polar surface area (TPSA) is 81.9 Å². The zero-order chi connectivity index (χ0) is 18.4. The first kappa shape index (κ1) is 18.3. The fourth-order valence-corrected chi connectivity index (χ4v) is 2.36. The van der Waals surface area contributed by atoms with Crippen molar-refractivity contribution >= 4 is 17.5 Å². The highest BCUT2D eigenvalue weighted by Crippen LogP contribution is 2.31. The molecule has 0 aromatic heterocycles. The summed E-state index contributed by atoms with van der Waals surface area (Å²) < 4.78 is 23.7. The van der Waals surface area contributed by atoms with Crippen LogP contribution in [0.1, 0.15) is 17.3 Å². The smallest absolute Gasteiger partial charge is 0.264 e. The van der Waals surface area contributed by atoms with Gasteiger partial charge >= 0.3 is 0 Å². The molecule has 6 nitrogen and oxygen atoms in total. The number of hydrogen-bond acceptors (Lipinski definition) is 4. The van der Waals surface area contributed by atoms with Gasteiger partial charge in [-0.05, 0) is 43.3 Å². The highest BCUT2D eigenvalue weighted by atomic mass is 19.1. The normalized spacial score (nSPS) is 10.2. The summed E-state index contributed by atoms with van der Waals surface area (Å²) >= 11 is 0. The lowest BCUT2D eigenvalue weighted by molar-refractivity contribution is -0.120. The summed E-state index contributed by atoms with van der Waals surface area (Å²) in [7, 11) is 1.42. The molecule has 7 heteroatoms. The largest absolute Gasteiger partial charge is 0.493 e. The number of nitrogens with zero attached hydrogens (tertiary/aromatic N) is 1. The Morgan fingerprint density at radius 2 is 1.84 bits per heavy atom. The first-order valence-corrected chi connectivity index (χ1v) is 7.63. The molecule has 0 bridgehead atoms. The molecule has 132 valence electrons. The molecule has 2 rings (SSSR count). The van der Waals surface area contributed by atoms with Crippen molar-refractivity contribution in [3.63, 3.8) is 0 Å². The minimum atomic E-state index is -0.688. The van der Waals surface area contributed by atoms with Gasteiger partial charge in [-0.2, -0.15) is 0 Å². The van der Waals surface area contributed by atoms with Gasteiger partial charge < -0.3 is 20.1 Å². The molecular formula is C18H19FN2O4. The molecule has 2 aromatic carbocycles. The van der Waals surface area contributed by atoms with Crippen LogP contribution in [0.4, 0.5) is 10.1 Å². The Balaban J connectivity index is 2.18. The fraction of sp³-hybridized carbons (Fsp3) is 0.222. The van der Waals surface area contributed by atoms with Crippen molar-refractivity contribution in [2.24, 2.45) is 5.73 Å². The molecule has 0 aliphatic rings. The maximum absolute atomic E-state index is 13.0. The molecule has 0 atom stereocenters. The lowest BCUT2D eigenvalue weighted by Crippen LogP contribution is -2.35. The third-order valence-corrected chi connectivity index (χ3v) is 3.56. The van der Waals surface area contributed by atoms with Crippen LogP contribution in [0, 0.1) is 5.82 Å². The Morgan fingerprint density at radius 1 is 1.16 bits per heavy atom. The Labute approximate surface area is 144 Å². The van der Waals surface area contributed by atoms with Crippen LogP contribution in [-0.2, 0) is 4.79 Å². The van der Waals surface area contributed by atoms with Crippen LogP contribution in [0.25, 0.3) is 0 Å². The summed E-state index contributed by atoms with van der Waals surface area (Å²) in [6.45, 7) is 1.84. The third kappa shape index (κ3) is 4.26. The number of halogens is 1. The van der Waals surface area contributed by atoms with E-state index in [0.29, 0.717) is 18.0 Å². The van der Waals surface area contributed by atoms with E-state index in [1.54, 1.807) is 19.1 Å². The van der Waals surface area contributed by atoms with E-state index in [1.807, 2.05) is 0 Å². The Bertz CT molecular complexity index is 762. The summed E-state index contributed by atoms with van der Waals surface area (Å²) in [5, 5.41) is 0. The molecule has 0 spiro atoms. The van der Waals surface area contributed by atoms with E-state index in [1.165, 1.54) is 42.3 Å². The number of likely N-dealkylation sites (N-methyl/N-ethyl adjacent to an activating group) is 1. The lowest BCUT2D eigenvalue weighted by Gasteiger charge is -2.22. The van der Waals surface area contributed by atoms with E-state index in [-0.39, 0.29) is 29.6 Å². The number of nitrogens with two attached hydrogens (primary N) is 1. The first-order chi connectivity index (χ1) is 12.0. The molecule has 0 radical (unpaired) electrons. The standard InChI is InChI=1S/C18H19FN2O4/c1-3-21(13-9-7-12(19)8-10-13)16(22)11-25-17-14(18(20)23)5-4-6-15(17)24-2/h4-10H,3,11H2,1-2H3,(H2,20,23). The summed E-state index contributed by atoms with van der Waals surface area (Å²) in [5.74, 6) is -1.01. The zero-order valence-corrected chi connectivity index (χ0v) is 14.0. The van der Waals surface area contributed by atoms with Gasteiger partial charge in [0.2, 0.25) is 0 Å². The highest BCUT2D eigenvalue weighted by molar-refractivity contribution is 5.97. The molecular weight excluding hydrogens is 327 g/mol. The molecule has 0 aliphatic heterocycles. The molecule has 0 fully saturated rings. The second kappa shape index (κ2) is 8.14. The van der Waals surface area contributed by atoms with E-state index >= 15 is 0 Å². The number of ether oxygens (including phenoxy) is 2. The highest BCUT2D eigenvalue weighted by Gasteiger charge is 2.19. The summed E-state index contributed by atoms with van der Waals surface area (Å²) in [6.07, 6.45) is 0. The van der Waals surface area contributed by atoms with E-state index in [9.17, 15) is 14.0 Å². The first-order valence-electron chi connectivity index (χ1n) is 7.63. The van der Waals surface area contributed by atoms with Gasteiger partial charge in [-0.15, -0.1) is 0 Å². The Morgan fingerprint density at radius 3 is 2.40 bits per heavy atom. The van der Waals surface area contributed by atoms with Crippen molar-refractivity contribution in [1.29, 1.82) is 0 Å². The van der Waals surface area contributed by atoms with E-state index < -0.39 is 5.91 Å². The molecule has 2 N–H and O–H groups in total. The predicted molar refractivity (Wildman–Crippen MR) is 91.4 cm³/mol. The number of hydrogen-bond donors (Lipinski definition) is 1. The number of anilines is 1. The maximum Gasteiger partial charge on any atom is 0.264 e. The quantitative estimate of drug-likeness (QED) is 0.834. The van der Waals surface area contributed by atoms with Gasteiger partial charge in [-0.1, -0.05) is 6.07 Å². The molecule has 0 aliphatic carbocycles. The van der Waals surface area contributed by atoms with Crippen LogP contribution in [0.15, 0.2) is 42.5 Å². The van der Waals surface area contributed by atoms with Gasteiger partial charge in [-0.25, -0.2) is 4.39 Å². The van der Waals surface area contributed by atoms with Gasteiger partial charge in [0.1, 0.15) is 5.82 Å². The second-order valence-electron chi connectivity index (χ2n) is 5.10. The van der Waals surface area contributed by atoms with Gasteiger partial charge in [0.25, 0.3) is 11.8 Å². The lowest BCUT2D eigenvalue weighted by atomic mass is 10.2. The number of methoxy groups -OCH3 is 1. The van der Waals surface area contributed by atoms with Crippen LogP contribution < -0.4 is 20.1 Å². The number of carbonyl (C=O) groups is 2. The van der Waals surface area contributed by atoms with Crippen LogP contribution in [0.3, 0.4) is 0 Å². The maximum atomic E-state index is 13.0.